The quantitative estimate of drug-likeness (QED) is 0.552. The predicted octanol–water partition coefficient (Wildman–Crippen LogP) is 0.745. The Hall–Kier alpha value is -2.28. The first-order valence-electron chi connectivity index (χ1n) is 7.74. The third kappa shape index (κ3) is 4.61. The molecule has 130 valence electrons. The van der Waals surface area contributed by atoms with Crippen molar-refractivity contribution in [3.05, 3.63) is 27.9 Å². The van der Waals surface area contributed by atoms with E-state index in [1.54, 1.807) is 7.11 Å². The third-order valence-electron chi connectivity index (χ3n) is 3.98. The van der Waals surface area contributed by atoms with Gasteiger partial charge in [-0.15, -0.1) is 0 Å². The molecule has 0 aliphatic carbocycles. The Kier molecular flexibility index (Phi) is 6.43. The van der Waals surface area contributed by atoms with Crippen molar-refractivity contribution in [2.75, 3.05) is 38.7 Å². The van der Waals surface area contributed by atoms with E-state index in [2.05, 4.69) is 15.2 Å². The summed E-state index contributed by atoms with van der Waals surface area (Å²) in [6.45, 7) is 2.38. The molecule has 1 aliphatic heterocycles. The number of hydrogen-bond donors (Lipinski definition) is 2. The van der Waals surface area contributed by atoms with E-state index in [4.69, 9.17) is 10.00 Å². The summed E-state index contributed by atoms with van der Waals surface area (Å²) in [7, 11) is 1.55. The highest BCUT2D eigenvalue weighted by Gasteiger charge is 2.26. The molecule has 24 heavy (non-hydrogen) atoms. The van der Waals surface area contributed by atoms with E-state index in [1.165, 1.54) is 12.3 Å². The van der Waals surface area contributed by atoms with Gasteiger partial charge in [-0.05, 0) is 18.9 Å². The van der Waals surface area contributed by atoms with Crippen LogP contribution in [0, 0.1) is 21.4 Å². The second kappa shape index (κ2) is 8.54. The van der Waals surface area contributed by atoms with Crippen LogP contribution in [0.5, 0.6) is 0 Å². The fraction of sp³-hybridized carbons (Fsp3) is 0.600. The molecular formula is C15H21N5O4. The number of β-amino-alcohol motifs (C(OH)–C–C–N with tert-alkyl or cyclic N) is 1. The number of nitriles is 1. The van der Waals surface area contributed by atoms with E-state index in [9.17, 15) is 15.2 Å². The highest BCUT2D eigenvalue weighted by molar-refractivity contribution is 5.64. The van der Waals surface area contributed by atoms with Crippen LogP contribution in [0.4, 0.5) is 11.5 Å². The molecule has 1 saturated heterocycles. The van der Waals surface area contributed by atoms with Crippen LogP contribution >= 0.6 is 0 Å². The number of nitrogens with one attached hydrogen (secondary N) is 1. The Morgan fingerprint density at radius 2 is 2.33 bits per heavy atom. The van der Waals surface area contributed by atoms with Gasteiger partial charge in [0.05, 0.1) is 17.6 Å². The summed E-state index contributed by atoms with van der Waals surface area (Å²) in [5.41, 5.74) is -0.282. The summed E-state index contributed by atoms with van der Waals surface area (Å²) in [5, 5.41) is 33.1. The van der Waals surface area contributed by atoms with E-state index >= 15 is 0 Å². The first kappa shape index (κ1) is 18.1. The van der Waals surface area contributed by atoms with E-state index in [-0.39, 0.29) is 23.1 Å². The van der Waals surface area contributed by atoms with Crippen molar-refractivity contribution in [2.24, 2.45) is 0 Å². The molecule has 0 radical (unpaired) electrons. The molecule has 1 unspecified atom stereocenters. The number of piperidine rings is 1. The average molecular weight is 335 g/mol. The number of aliphatic hydroxyl groups is 1. The molecule has 1 aliphatic rings. The lowest BCUT2D eigenvalue weighted by atomic mass is 10.0. The summed E-state index contributed by atoms with van der Waals surface area (Å²) in [5.74, 6) is 0.136. The molecule has 0 bridgehead atoms. The second-order valence-electron chi connectivity index (χ2n) is 5.75. The highest BCUT2D eigenvalue weighted by atomic mass is 16.6. The zero-order valence-electron chi connectivity index (χ0n) is 13.5. The smallest absolute Gasteiger partial charge is 0.328 e. The Morgan fingerprint density at radius 3 is 2.92 bits per heavy atom. The standard InChI is InChI=1S/C15H21N5O4/c1-24-10-13(21)9-19-6-3-12(4-7-19)18-15-14(20(22)23)11(8-16)2-5-17-15/h2,5,12-13,21H,3-4,6-7,9-10H2,1H3,(H,17,18). The lowest BCUT2D eigenvalue weighted by Crippen LogP contribution is -2.43. The Labute approximate surface area is 140 Å². The zero-order valence-corrected chi connectivity index (χ0v) is 13.5. The summed E-state index contributed by atoms with van der Waals surface area (Å²) in [4.78, 5) is 16.8. The van der Waals surface area contributed by atoms with Crippen molar-refractivity contribution >= 4 is 11.5 Å². The van der Waals surface area contributed by atoms with Crippen LogP contribution in [0.15, 0.2) is 12.3 Å². The first-order chi connectivity index (χ1) is 11.5. The Bertz CT molecular complexity index is 610. The van der Waals surface area contributed by atoms with Crippen LogP contribution in [-0.2, 0) is 4.74 Å². The van der Waals surface area contributed by atoms with Gasteiger partial charge in [-0.3, -0.25) is 10.1 Å². The van der Waals surface area contributed by atoms with Gasteiger partial charge >= 0.3 is 5.69 Å². The van der Waals surface area contributed by atoms with Crippen molar-refractivity contribution in [3.8, 4) is 6.07 Å². The van der Waals surface area contributed by atoms with E-state index in [1.807, 2.05) is 6.07 Å². The molecule has 1 fully saturated rings. The number of aliphatic hydroxyl groups excluding tert-OH is 1. The normalized spacial score (nSPS) is 17.2. The van der Waals surface area contributed by atoms with Crippen molar-refractivity contribution in [2.45, 2.75) is 25.0 Å². The molecular weight excluding hydrogens is 314 g/mol. The van der Waals surface area contributed by atoms with E-state index in [0.717, 1.165) is 25.9 Å². The molecule has 9 heteroatoms. The predicted molar refractivity (Wildman–Crippen MR) is 86.6 cm³/mol. The topological polar surface area (TPSA) is 125 Å². The third-order valence-corrected chi connectivity index (χ3v) is 3.98. The Balaban J connectivity index is 1.95. The number of pyridine rings is 1. The largest absolute Gasteiger partial charge is 0.389 e. The van der Waals surface area contributed by atoms with Gasteiger partial charge in [-0.2, -0.15) is 5.26 Å². The monoisotopic (exact) mass is 335 g/mol. The van der Waals surface area contributed by atoms with Crippen LogP contribution in [0.3, 0.4) is 0 Å². The number of aromatic nitrogens is 1. The number of nitro groups is 1. The fourth-order valence-corrected chi connectivity index (χ4v) is 2.83. The lowest BCUT2D eigenvalue weighted by molar-refractivity contribution is -0.384. The number of nitrogens with zero attached hydrogens (tertiary/aromatic N) is 4. The number of hydrogen-bond acceptors (Lipinski definition) is 8. The first-order valence-corrected chi connectivity index (χ1v) is 7.74. The Morgan fingerprint density at radius 1 is 1.62 bits per heavy atom. The van der Waals surface area contributed by atoms with Crippen LogP contribution < -0.4 is 5.32 Å². The summed E-state index contributed by atoms with van der Waals surface area (Å²) in [6.07, 6.45) is 2.42. The van der Waals surface area contributed by atoms with E-state index in [0.29, 0.717) is 13.2 Å². The lowest BCUT2D eigenvalue weighted by Gasteiger charge is -2.33. The summed E-state index contributed by atoms with van der Waals surface area (Å²) < 4.78 is 4.92. The minimum atomic E-state index is -0.579. The van der Waals surface area contributed by atoms with Crippen molar-refractivity contribution < 1.29 is 14.8 Å². The van der Waals surface area contributed by atoms with Gasteiger partial charge in [0.1, 0.15) is 11.6 Å². The van der Waals surface area contributed by atoms with Gasteiger partial charge in [-0.1, -0.05) is 0 Å². The number of methoxy groups -OCH3 is 1. The van der Waals surface area contributed by atoms with Crippen LogP contribution in [0.2, 0.25) is 0 Å². The van der Waals surface area contributed by atoms with Crippen molar-refractivity contribution in [1.29, 1.82) is 5.26 Å². The van der Waals surface area contributed by atoms with Crippen molar-refractivity contribution in [3.63, 3.8) is 0 Å². The summed E-state index contributed by atoms with van der Waals surface area (Å²) >= 11 is 0. The van der Waals surface area contributed by atoms with E-state index < -0.39 is 11.0 Å². The van der Waals surface area contributed by atoms with Gasteiger partial charge in [0.2, 0.25) is 5.82 Å². The fourth-order valence-electron chi connectivity index (χ4n) is 2.83. The molecule has 2 rings (SSSR count). The maximum absolute atomic E-state index is 11.2. The number of ether oxygens (including phenoxy) is 1. The minimum Gasteiger partial charge on any atom is -0.389 e. The number of anilines is 1. The molecule has 2 heterocycles. The minimum absolute atomic E-state index is 0.00220. The maximum atomic E-state index is 11.2. The van der Waals surface area contributed by atoms with Gasteiger partial charge in [-0.25, -0.2) is 4.98 Å². The molecule has 0 spiro atoms. The van der Waals surface area contributed by atoms with Gasteiger partial charge < -0.3 is 20.1 Å². The maximum Gasteiger partial charge on any atom is 0.328 e. The molecule has 1 aromatic heterocycles. The molecule has 2 N–H and O–H groups in total. The highest BCUT2D eigenvalue weighted by Crippen LogP contribution is 2.27. The van der Waals surface area contributed by atoms with Gasteiger partial charge in [0, 0.05) is 39.0 Å². The molecule has 0 aromatic carbocycles. The average Bonchev–Trinajstić information content (AvgIpc) is 2.56. The van der Waals surface area contributed by atoms with Gasteiger partial charge in [0.15, 0.2) is 0 Å². The SMILES string of the molecule is COCC(O)CN1CCC(Nc2nccc(C#N)c2[N+](=O)[O-])CC1. The number of rotatable bonds is 7. The molecule has 1 atom stereocenters. The van der Waals surface area contributed by atoms with Crippen molar-refractivity contribution in [1.82, 2.24) is 9.88 Å². The molecule has 0 amide bonds. The van der Waals surface area contributed by atoms with Crippen LogP contribution in [0.1, 0.15) is 18.4 Å². The number of likely N-dealkylation sites (tertiary alicyclic amines) is 1. The second-order valence-corrected chi connectivity index (χ2v) is 5.75. The van der Waals surface area contributed by atoms with Crippen LogP contribution in [0.25, 0.3) is 0 Å². The molecule has 1 aromatic rings. The molecule has 0 saturated carbocycles. The van der Waals surface area contributed by atoms with Gasteiger partial charge in [0.25, 0.3) is 0 Å². The zero-order chi connectivity index (χ0) is 17.5. The van der Waals surface area contributed by atoms with Crippen LogP contribution in [-0.4, -0.2) is 65.4 Å². The summed E-state index contributed by atoms with van der Waals surface area (Å²) in [6, 6.07) is 3.20. The molecule has 9 nitrogen and oxygen atoms in total.